The summed E-state index contributed by atoms with van der Waals surface area (Å²) in [5, 5.41) is 1.01. The first-order valence-corrected chi connectivity index (χ1v) is 6.39. The maximum atomic E-state index is 13.3. The Hall–Kier alpha value is -2.17. The van der Waals surface area contributed by atoms with Gasteiger partial charge in [0.2, 0.25) is 0 Å². The number of nitrogens with two attached hydrogens (primary N) is 1. The van der Waals surface area contributed by atoms with Crippen molar-refractivity contribution in [2.75, 3.05) is 0 Å². The third kappa shape index (κ3) is 2.19. The molecule has 3 rings (SSSR count). The second-order valence-corrected chi connectivity index (χ2v) is 4.80. The van der Waals surface area contributed by atoms with Gasteiger partial charge in [0.15, 0.2) is 0 Å². The molecule has 102 valence electrons. The Morgan fingerprint density at radius 2 is 1.95 bits per heavy atom. The van der Waals surface area contributed by atoms with Crippen molar-refractivity contribution in [1.82, 2.24) is 5.43 Å². The highest BCUT2D eigenvalue weighted by atomic mass is 19.1. The van der Waals surface area contributed by atoms with E-state index in [1.54, 1.807) is 6.07 Å². The number of hydrogen-bond donors (Lipinski definition) is 2. The predicted octanol–water partition coefficient (Wildman–Crippen LogP) is 3.43. The van der Waals surface area contributed by atoms with Crippen molar-refractivity contribution >= 4 is 11.0 Å². The molecule has 0 saturated heterocycles. The van der Waals surface area contributed by atoms with Crippen LogP contribution >= 0.6 is 0 Å². The molecule has 0 aliphatic carbocycles. The van der Waals surface area contributed by atoms with Crippen molar-refractivity contribution < 1.29 is 8.81 Å². The van der Waals surface area contributed by atoms with Crippen LogP contribution in [0.1, 0.15) is 22.9 Å². The number of furan rings is 1. The summed E-state index contributed by atoms with van der Waals surface area (Å²) < 4.78 is 19.2. The minimum absolute atomic E-state index is 0.296. The lowest BCUT2D eigenvalue weighted by Crippen LogP contribution is -2.28. The van der Waals surface area contributed by atoms with Crippen LogP contribution < -0.4 is 11.3 Å². The van der Waals surface area contributed by atoms with Gasteiger partial charge in [-0.2, -0.15) is 0 Å². The Morgan fingerprint density at radius 1 is 1.15 bits per heavy atom. The van der Waals surface area contributed by atoms with Gasteiger partial charge in [0.05, 0.1) is 0 Å². The summed E-state index contributed by atoms with van der Waals surface area (Å²) in [6.45, 7) is 1.99. The molecule has 0 radical (unpaired) electrons. The first-order valence-electron chi connectivity index (χ1n) is 6.39. The summed E-state index contributed by atoms with van der Waals surface area (Å²) in [7, 11) is 0. The molecule has 20 heavy (non-hydrogen) atoms. The Balaban J connectivity index is 2.09. The third-order valence-corrected chi connectivity index (χ3v) is 3.39. The van der Waals surface area contributed by atoms with Crippen molar-refractivity contribution in [2.24, 2.45) is 5.84 Å². The second-order valence-electron chi connectivity index (χ2n) is 4.80. The molecule has 0 aliphatic rings. The lowest BCUT2D eigenvalue weighted by molar-refractivity contribution is 0.474. The van der Waals surface area contributed by atoms with E-state index in [1.807, 2.05) is 37.3 Å². The Labute approximate surface area is 116 Å². The molecule has 1 unspecified atom stereocenters. The number of aryl methyl sites for hydroxylation is 1. The fourth-order valence-electron chi connectivity index (χ4n) is 2.40. The quantitative estimate of drug-likeness (QED) is 0.566. The standard InChI is InChI=1S/C16H15FN2O/c1-10-4-2-6-12-9-14(20-16(10)12)15(19-18)11-5-3-7-13(17)8-11/h2-9,15,19H,18H2,1H3. The highest BCUT2D eigenvalue weighted by Gasteiger charge is 2.18. The summed E-state index contributed by atoms with van der Waals surface area (Å²) >= 11 is 0. The van der Waals surface area contributed by atoms with E-state index in [0.717, 1.165) is 22.1 Å². The molecule has 0 amide bonds. The van der Waals surface area contributed by atoms with Crippen molar-refractivity contribution in [2.45, 2.75) is 13.0 Å². The summed E-state index contributed by atoms with van der Waals surface area (Å²) in [6, 6.07) is 13.8. The molecule has 4 heteroatoms. The normalized spacial score (nSPS) is 12.8. The van der Waals surface area contributed by atoms with Crippen molar-refractivity contribution in [1.29, 1.82) is 0 Å². The lowest BCUT2D eigenvalue weighted by atomic mass is 10.0. The van der Waals surface area contributed by atoms with Crippen LogP contribution in [0.25, 0.3) is 11.0 Å². The summed E-state index contributed by atoms with van der Waals surface area (Å²) in [4.78, 5) is 0. The van der Waals surface area contributed by atoms with Gasteiger partial charge in [-0.3, -0.25) is 5.84 Å². The van der Waals surface area contributed by atoms with Gasteiger partial charge in [-0.15, -0.1) is 0 Å². The van der Waals surface area contributed by atoms with Crippen molar-refractivity contribution in [3.05, 3.63) is 71.2 Å². The van der Waals surface area contributed by atoms with Crippen LogP contribution in [0.3, 0.4) is 0 Å². The van der Waals surface area contributed by atoms with Gasteiger partial charge in [-0.05, 0) is 36.2 Å². The van der Waals surface area contributed by atoms with Gasteiger partial charge in [0.1, 0.15) is 23.2 Å². The highest BCUT2D eigenvalue weighted by molar-refractivity contribution is 5.81. The van der Waals surface area contributed by atoms with Crippen LogP contribution in [0, 0.1) is 12.7 Å². The maximum Gasteiger partial charge on any atom is 0.137 e. The number of para-hydroxylation sites is 1. The summed E-state index contributed by atoms with van der Waals surface area (Å²) in [5.41, 5.74) is 5.30. The summed E-state index contributed by atoms with van der Waals surface area (Å²) in [6.07, 6.45) is 0. The molecule has 1 aromatic heterocycles. The maximum absolute atomic E-state index is 13.3. The largest absolute Gasteiger partial charge is 0.459 e. The van der Waals surface area contributed by atoms with E-state index >= 15 is 0 Å². The molecule has 1 heterocycles. The van der Waals surface area contributed by atoms with Gasteiger partial charge in [-0.25, -0.2) is 9.82 Å². The molecular weight excluding hydrogens is 255 g/mol. The molecule has 0 fully saturated rings. The SMILES string of the molecule is Cc1cccc2cc(C(NN)c3cccc(F)c3)oc12. The second kappa shape index (κ2) is 5.07. The lowest BCUT2D eigenvalue weighted by Gasteiger charge is -2.13. The monoisotopic (exact) mass is 270 g/mol. The Bertz CT molecular complexity index is 751. The number of benzene rings is 2. The van der Waals surface area contributed by atoms with E-state index in [1.165, 1.54) is 12.1 Å². The van der Waals surface area contributed by atoms with Gasteiger partial charge < -0.3 is 4.42 Å². The number of hydrogen-bond acceptors (Lipinski definition) is 3. The third-order valence-electron chi connectivity index (χ3n) is 3.39. The first kappa shape index (κ1) is 12.8. The average molecular weight is 270 g/mol. The van der Waals surface area contributed by atoms with Crippen LogP contribution in [0.4, 0.5) is 4.39 Å². The van der Waals surface area contributed by atoms with Gasteiger partial charge in [0.25, 0.3) is 0 Å². The van der Waals surface area contributed by atoms with Crippen LogP contribution in [0.2, 0.25) is 0 Å². The molecule has 0 saturated carbocycles. The average Bonchev–Trinajstić information content (AvgIpc) is 2.85. The zero-order chi connectivity index (χ0) is 14.1. The smallest absolute Gasteiger partial charge is 0.137 e. The first-order chi connectivity index (χ1) is 9.69. The molecule has 0 spiro atoms. The topological polar surface area (TPSA) is 51.2 Å². The van der Waals surface area contributed by atoms with Gasteiger partial charge in [0, 0.05) is 5.39 Å². The Kier molecular flexibility index (Phi) is 3.26. The van der Waals surface area contributed by atoms with Gasteiger partial charge in [-0.1, -0.05) is 30.3 Å². The zero-order valence-corrected chi connectivity index (χ0v) is 11.1. The van der Waals surface area contributed by atoms with E-state index in [-0.39, 0.29) is 11.9 Å². The van der Waals surface area contributed by atoms with Gasteiger partial charge >= 0.3 is 0 Å². The molecule has 0 bridgehead atoms. The van der Waals surface area contributed by atoms with Crippen molar-refractivity contribution in [3.63, 3.8) is 0 Å². The van der Waals surface area contributed by atoms with Crippen LogP contribution in [-0.4, -0.2) is 0 Å². The van der Waals surface area contributed by atoms with E-state index < -0.39 is 0 Å². The zero-order valence-electron chi connectivity index (χ0n) is 11.1. The van der Waals surface area contributed by atoms with E-state index in [4.69, 9.17) is 10.3 Å². The minimum Gasteiger partial charge on any atom is -0.459 e. The number of fused-ring (bicyclic) bond motifs is 1. The predicted molar refractivity (Wildman–Crippen MR) is 76.5 cm³/mol. The molecule has 1 atom stereocenters. The van der Waals surface area contributed by atoms with E-state index in [2.05, 4.69) is 5.43 Å². The summed E-state index contributed by atoms with van der Waals surface area (Å²) in [5.74, 6) is 5.99. The highest BCUT2D eigenvalue weighted by Crippen LogP contribution is 2.29. The fraction of sp³-hybridized carbons (Fsp3) is 0.125. The number of rotatable bonds is 3. The molecule has 3 N–H and O–H groups in total. The molecule has 2 aromatic carbocycles. The molecule has 3 nitrogen and oxygen atoms in total. The van der Waals surface area contributed by atoms with Crippen LogP contribution in [0.5, 0.6) is 0 Å². The van der Waals surface area contributed by atoms with Crippen LogP contribution in [0.15, 0.2) is 52.9 Å². The minimum atomic E-state index is -0.377. The number of nitrogens with one attached hydrogen (secondary N) is 1. The molecule has 0 aliphatic heterocycles. The molecule has 3 aromatic rings. The van der Waals surface area contributed by atoms with Crippen LogP contribution in [-0.2, 0) is 0 Å². The number of hydrazine groups is 1. The Morgan fingerprint density at radius 3 is 2.65 bits per heavy atom. The number of halogens is 1. The van der Waals surface area contributed by atoms with Crippen molar-refractivity contribution in [3.8, 4) is 0 Å². The fourth-order valence-corrected chi connectivity index (χ4v) is 2.40. The molecular formula is C16H15FN2O. The van der Waals surface area contributed by atoms with E-state index in [9.17, 15) is 4.39 Å². The van der Waals surface area contributed by atoms with E-state index in [0.29, 0.717) is 5.76 Å².